The Balaban J connectivity index is 2.66. The number of alkyl halides is 3. The van der Waals surface area contributed by atoms with E-state index in [1.54, 1.807) is 0 Å². The molecule has 0 N–H and O–H groups in total. The molecule has 60 valence electrons. The van der Waals surface area contributed by atoms with Crippen LogP contribution in [0.5, 0.6) is 0 Å². The first-order valence-electron chi connectivity index (χ1n) is 3.30. The van der Waals surface area contributed by atoms with Gasteiger partial charge in [0, 0.05) is 5.54 Å². The van der Waals surface area contributed by atoms with Crippen LogP contribution >= 0.6 is 39.1 Å². The third kappa shape index (κ3) is 1.40. The molecular formula is C6H11BrCl2Si. The van der Waals surface area contributed by atoms with Crippen molar-refractivity contribution in [3.8, 4) is 0 Å². The van der Waals surface area contributed by atoms with Gasteiger partial charge in [-0.3, -0.25) is 0 Å². The lowest BCUT2D eigenvalue weighted by molar-refractivity contribution is 1.28. The average molecular weight is 262 g/mol. The molecule has 0 aliphatic heterocycles. The minimum absolute atomic E-state index is 0.329. The Morgan fingerprint density at radius 3 is 1.60 bits per heavy atom. The van der Waals surface area contributed by atoms with E-state index < -0.39 is 12.4 Å². The molecule has 0 spiro atoms. The van der Waals surface area contributed by atoms with Crippen LogP contribution in [0.25, 0.3) is 0 Å². The van der Waals surface area contributed by atoms with E-state index in [0.717, 1.165) is 0 Å². The zero-order chi connectivity index (χ0) is 8.15. The standard InChI is InChI=1S/C6H11BrCl2Si/c1-10(2,3)5-4(7)6(5,8)9/h4-5H,1-3H3/t4-,5-/m0/s1. The third-order valence-corrected chi connectivity index (χ3v) is 8.13. The van der Waals surface area contributed by atoms with Crippen LogP contribution in [0.15, 0.2) is 0 Å². The Labute approximate surface area is 81.4 Å². The van der Waals surface area contributed by atoms with Gasteiger partial charge in [-0.25, -0.2) is 0 Å². The summed E-state index contributed by atoms with van der Waals surface area (Å²) in [6.07, 6.45) is 0. The number of hydrogen-bond acceptors (Lipinski definition) is 0. The fourth-order valence-corrected chi connectivity index (χ4v) is 9.71. The van der Waals surface area contributed by atoms with E-state index in [4.69, 9.17) is 23.2 Å². The van der Waals surface area contributed by atoms with Crippen molar-refractivity contribution < 1.29 is 0 Å². The van der Waals surface area contributed by atoms with Crippen molar-refractivity contribution in [1.29, 1.82) is 0 Å². The van der Waals surface area contributed by atoms with Crippen molar-refractivity contribution >= 4 is 47.2 Å². The minimum Gasteiger partial charge on any atom is -0.100 e. The minimum atomic E-state index is -1.13. The average Bonchev–Trinajstić information content (AvgIpc) is 2.03. The molecule has 4 heteroatoms. The third-order valence-electron chi connectivity index (χ3n) is 1.90. The van der Waals surface area contributed by atoms with E-state index in [0.29, 0.717) is 10.4 Å². The SMILES string of the molecule is C[Si](C)(C)[C@H]1[C@H](Br)C1(Cl)Cl. The molecule has 0 heterocycles. The van der Waals surface area contributed by atoms with Gasteiger partial charge in [-0.05, 0) is 0 Å². The van der Waals surface area contributed by atoms with Gasteiger partial charge in [0.05, 0.1) is 12.9 Å². The normalized spacial score (nSPS) is 37.8. The molecule has 1 saturated carbocycles. The molecule has 0 radical (unpaired) electrons. The van der Waals surface area contributed by atoms with Crippen molar-refractivity contribution in [3.05, 3.63) is 0 Å². The summed E-state index contributed by atoms with van der Waals surface area (Å²) in [7, 11) is -1.13. The summed E-state index contributed by atoms with van der Waals surface area (Å²) >= 11 is 15.5. The van der Waals surface area contributed by atoms with E-state index >= 15 is 0 Å². The second kappa shape index (κ2) is 2.38. The zero-order valence-corrected chi connectivity index (χ0v) is 10.4. The molecule has 0 saturated heterocycles. The first kappa shape index (κ1) is 9.37. The summed E-state index contributed by atoms with van der Waals surface area (Å²) in [4.78, 5) is 0.329. The van der Waals surface area contributed by atoms with Gasteiger partial charge in [0.1, 0.15) is 4.33 Å². The molecule has 0 amide bonds. The van der Waals surface area contributed by atoms with Crippen molar-refractivity contribution in [3.63, 3.8) is 0 Å². The summed E-state index contributed by atoms with van der Waals surface area (Å²) < 4.78 is -0.468. The topological polar surface area (TPSA) is 0 Å². The van der Waals surface area contributed by atoms with E-state index in [-0.39, 0.29) is 0 Å². The summed E-state index contributed by atoms with van der Waals surface area (Å²) in [6, 6.07) is 0. The van der Waals surface area contributed by atoms with Crippen LogP contribution in [0, 0.1) is 0 Å². The van der Waals surface area contributed by atoms with Gasteiger partial charge in [0.2, 0.25) is 0 Å². The number of hydrogen-bond donors (Lipinski definition) is 0. The highest BCUT2D eigenvalue weighted by atomic mass is 79.9. The van der Waals surface area contributed by atoms with Crippen molar-refractivity contribution in [2.75, 3.05) is 0 Å². The smallest absolute Gasteiger partial charge is 0.100 e. The Morgan fingerprint density at radius 2 is 1.60 bits per heavy atom. The molecule has 1 rings (SSSR count). The van der Waals surface area contributed by atoms with Gasteiger partial charge in [-0.15, -0.1) is 23.2 Å². The van der Waals surface area contributed by atoms with Crippen LogP contribution in [0.2, 0.25) is 25.2 Å². The van der Waals surface area contributed by atoms with Crippen LogP contribution in [-0.2, 0) is 0 Å². The van der Waals surface area contributed by atoms with Gasteiger partial charge in [0.15, 0.2) is 0 Å². The maximum Gasteiger partial charge on any atom is 0.132 e. The Morgan fingerprint density at radius 1 is 1.30 bits per heavy atom. The molecule has 0 nitrogen and oxygen atoms in total. The molecule has 0 aromatic rings. The fraction of sp³-hybridized carbons (Fsp3) is 1.00. The van der Waals surface area contributed by atoms with Gasteiger partial charge in [0.25, 0.3) is 0 Å². The predicted octanol–water partition coefficient (Wildman–Crippen LogP) is 3.65. The maximum absolute atomic E-state index is 6.00. The quantitative estimate of drug-likeness (QED) is 0.500. The Hall–Kier alpha value is 1.28. The lowest BCUT2D eigenvalue weighted by Gasteiger charge is -2.15. The van der Waals surface area contributed by atoms with Crippen LogP contribution in [0.4, 0.5) is 0 Å². The molecule has 0 unspecified atom stereocenters. The first-order chi connectivity index (χ1) is 4.28. The molecule has 10 heavy (non-hydrogen) atoms. The van der Waals surface area contributed by atoms with Crippen LogP contribution in [0.3, 0.4) is 0 Å². The van der Waals surface area contributed by atoms with E-state index in [9.17, 15) is 0 Å². The molecule has 2 atom stereocenters. The van der Waals surface area contributed by atoms with Gasteiger partial charge < -0.3 is 0 Å². The van der Waals surface area contributed by atoms with E-state index in [1.165, 1.54) is 0 Å². The molecule has 1 aliphatic carbocycles. The lowest BCUT2D eigenvalue weighted by Crippen LogP contribution is -2.22. The molecule has 0 aromatic carbocycles. The molecule has 0 bridgehead atoms. The Bertz CT molecular complexity index is 142. The summed E-state index contributed by atoms with van der Waals surface area (Å²) in [5.41, 5.74) is 0.517. The highest BCUT2D eigenvalue weighted by Gasteiger charge is 2.66. The molecule has 1 fully saturated rings. The van der Waals surface area contributed by atoms with Gasteiger partial charge >= 0.3 is 0 Å². The van der Waals surface area contributed by atoms with Crippen molar-refractivity contribution in [2.24, 2.45) is 0 Å². The predicted molar refractivity (Wildman–Crippen MR) is 54.2 cm³/mol. The van der Waals surface area contributed by atoms with Crippen LogP contribution < -0.4 is 0 Å². The van der Waals surface area contributed by atoms with Crippen molar-refractivity contribution in [1.82, 2.24) is 0 Å². The van der Waals surface area contributed by atoms with Gasteiger partial charge in [-0.2, -0.15) is 0 Å². The monoisotopic (exact) mass is 260 g/mol. The second-order valence-corrected chi connectivity index (χ2v) is 11.7. The maximum atomic E-state index is 6.00. The first-order valence-corrected chi connectivity index (χ1v) is 8.54. The fourth-order valence-electron chi connectivity index (χ4n) is 1.31. The van der Waals surface area contributed by atoms with Crippen molar-refractivity contribution in [2.45, 2.75) is 34.3 Å². The van der Waals surface area contributed by atoms with Crippen LogP contribution in [-0.4, -0.2) is 17.2 Å². The van der Waals surface area contributed by atoms with E-state index in [1.807, 2.05) is 0 Å². The molecule has 1 aliphatic rings. The zero-order valence-electron chi connectivity index (χ0n) is 6.29. The number of halogens is 3. The summed E-state index contributed by atoms with van der Waals surface area (Å²) in [5.74, 6) is 0. The summed E-state index contributed by atoms with van der Waals surface area (Å²) in [6.45, 7) is 6.87. The molecule has 0 aromatic heterocycles. The number of rotatable bonds is 1. The summed E-state index contributed by atoms with van der Waals surface area (Å²) in [5, 5.41) is 0. The molecular weight excluding hydrogens is 251 g/mol. The second-order valence-electron chi connectivity index (χ2n) is 3.92. The highest BCUT2D eigenvalue weighted by Crippen LogP contribution is 2.66. The largest absolute Gasteiger partial charge is 0.132 e. The van der Waals surface area contributed by atoms with Crippen LogP contribution in [0.1, 0.15) is 0 Å². The Kier molecular flexibility index (Phi) is 2.23. The van der Waals surface area contributed by atoms with E-state index in [2.05, 4.69) is 35.6 Å². The highest BCUT2D eigenvalue weighted by molar-refractivity contribution is 9.10. The van der Waals surface area contributed by atoms with Gasteiger partial charge in [-0.1, -0.05) is 35.6 Å². The lowest BCUT2D eigenvalue weighted by atomic mass is 10.9.